The van der Waals surface area contributed by atoms with Gasteiger partial charge in [-0.15, -0.1) is 0 Å². The summed E-state index contributed by atoms with van der Waals surface area (Å²) in [5.74, 6) is 0.693. The molecule has 1 fully saturated rings. The third-order valence-electron chi connectivity index (χ3n) is 8.46. The number of pyridine rings is 1. The highest BCUT2D eigenvalue weighted by Crippen LogP contribution is 2.39. The molecule has 5 aromatic rings. The van der Waals surface area contributed by atoms with Gasteiger partial charge in [-0.2, -0.15) is 5.10 Å². The molecule has 0 spiro atoms. The Kier molecular flexibility index (Phi) is 9.94. The number of amides is 1. The Hall–Kier alpha value is -4.28. The molecule has 1 aliphatic heterocycles. The quantitative estimate of drug-likeness (QED) is 0.138. The summed E-state index contributed by atoms with van der Waals surface area (Å²) in [5.41, 5.74) is 7.89. The number of ether oxygens (including phenoxy) is 1. The molecule has 4 N–H and O–H groups in total. The number of rotatable bonds is 13. The Morgan fingerprint density at radius 2 is 1.83 bits per heavy atom. The minimum Gasteiger partial charge on any atom is -0.481 e. The molecule has 6 rings (SSSR count). The Morgan fingerprint density at radius 3 is 2.59 bits per heavy atom. The van der Waals surface area contributed by atoms with E-state index in [1.165, 1.54) is 5.56 Å². The van der Waals surface area contributed by atoms with Crippen LogP contribution in [0.15, 0.2) is 79.0 Å². The Labute approximate surface area is 274 Å². The van der Waals surface area contributed by atoms with Crippen molar-refractivity contribution in [3.8, 4) is 28.1 Å². The number of hydrogen-bond donors (Lipinski definition) is 4. The van der Waals surface area contributed by atoms with Gasteiger partial charge in [-0.1, -0.05) is 72.3 Å². The maximum atomic E-state index is 11.4. The van der Waals surface area contributed by atoms with Gasteiger partial charge in [0.1, 0.15) is 0 Å². The zero-order chi connectivity index (χ0) is 32.0. The summed E-state index contributed by atoms with van der Waals surface area (Å²) < 4.78 is 7.51. The third kappa shape index (κ3) is 7.08. The van der Waals surface area contributed by atoms with Crippen LogP contribution in [0.2, 0.25) is 5.02 Å². The largest absolute Gasteiger partial charge is 0.481 e. The van der Waals surface area contributed by atoms with Crippen molar-refractivity contribution in [3.63, 3.8) is 0 Å². The van der Waals surface area contributed by atoms with E-state index >= 15 is 0 Å². The van der Waals surface area contributed by atoms with Crippen LogP contribution in [0.5, 0.6) is 5.88 Å². The normalized spacial score (nSPS) is 15.3. The molecule has 0 saturated carbocycles. The van der Waals surface area contributed by atoms with E-state index in [0.717, 1.165) is 63.9 Å². The molecular weight excluding hydrogens is 600 g/mol. The van der Waals surface area contributed by atoms with Crippen molar-refractivity contribution in [1.29, 1.82) is 0 Å². The maximum Gasteiger partial charge on any atom is 0.220 e. The number of nitrogens with zero attached hydrogens (tertiary/aromatic N) is 3. The molecule has 3 aromatic carbocycles. The SMILES string of the molecule is COc1nc(Cn2ncc3c(-c4cccc(-c5ccc(CNCC6CCC(=O)N6)cc5)c4Cl)cccc32)ccc1CNC(C)CO. The van der Waals surface area contributed by atoms with Gasteiger partial charge in [-0.3, -0.25) is 9.48 Å². The van der Waals surface area contributed by atoms with Crippen LogP contribution in [0, 0.1) is 0 Å². The first-order valence-corrected chi connectivity index (χ1v) is 16.0. The van der Waals surface area contributed by atoms with Crippen LogP contribution in [0.1, 0.15) is 36.6 Å². The molecule has 9 nitrogen and oxygen atoms in total. The number of aliphatic hydroxyl groups excluding tert-OH is 1. The van der Waals surface area contributed by atoms with Gasteiger partial charge in [0.2, 0.25) is 11.8 Å². The highest BCUT2D eigenvalue weighted by atomic mass is 35.5. The summed E-state index contributed by atoms with van der Waals surface area (Å²) in [6.45, 7) is 4.52. The van der Waals surface area contributed by atoms with E-state index in [1.54, 1.807) is 7.11 Å². The average molecular weight is 639 g/mol. The fraction of sp³-hybridized carbons (Fsp3) is 0.306. The van der Waals surface area contributed by atoms with Gasteiger partial charge in [0.05, 0.1) is 42.7 Å². The van der Waals surface area contributed by atoms with Crippen LogP contribution >= 0.6 is 11.6 Å². The fourth-order valence-electron chi connectivity index (χ4n) is 5.86. The van der Waals surface area contributed by atoms with Crippen molar-refractivity contribution in [2.75, 3.05) is 20.3 Å². The minimum absolute atomic E-state index is 0.0178. The topological polar surface area (TPSA) is 113 Å². The smallest absolute Gasteiger partial charge is 0.220 e. The molecule has 1 amide bonds. The van der Waals surface area contributed by atoms with Crippen molar-refractivity contribution in [1.82, 2.24) is 30.7 Å². The van der Waals surface area contributed by atoms with Crippen LogP contribution in [0.25, 0.3) is 33.2 Å². The first-order valence-electron chi connectivity index (χ1n) is 15.6. The number of benzene rings is 3. The van der Waals surface area contributed by atoms with Gasteiger partial charge in [0.15, 0.2) is 0 Å². The van der Waals surface area contributed by atoms with E-state index in [2.05, 4.69) is 58.4 Å². The summed E-state index contributed by atoms with van der Waals surface area (Å²) in [7, 11) is 1.62. The number of hydrogen-bond acceptors (Lipinski definition) is 7. The van der Waals surface area contributed by atoms with Crippen molar-refractivity contribution >= 4 is 28.4 Å². The predicted octanol–water partition coefficient (Wildman–Crippen LogP) is 5.31. The Balaban J connectivity index is 1.19. The van der Waals surface area contributed by atoms with Gasteiger partial charge in [-0.05, 0) is 42.2 Å². The molecule has 0 aliphatic carbocycles. The molecule has 2 unspecified atom stereocenters. The molecule has 3 heterocycles. The molecule has 2 aromatic heterocycles. The fourth-order valence-corrected chi connectivity index (χ4v) is 6.20. The minimum atomic E-state index is -0.0178. The van der Waals surface area contributed by atoms with Gasteiger partial charge in [0, 0.05) is 60.2 Å². The van der Waals surface area contributed by atoms with E-state index in [-0.39, 0.29) is 24.6 Å². The van der Waals surface area contributed by atoms with Crippen molar-refractivity contribution in [3.05, 3.63) is 101 Å². The lowest BCUT2D eigenvalue weighted by molar-refractivity contribution is -0.119. The van der Waals surface area contributed by atoms with E-state index in [0.29, 0.717) is 30.4 Å². The maximum absolute atomic E-state index is 11.4. The highest BCUT2D eigenvalue weighted by Gasteiger charge is 2.20. The molecule has 0 bridgehead atoms. The standard InChI is InChI=1S/C36H39ClN6O3/c1-23(22-44)39-18-26-13-14-28(42-36(26)46-2)21-43-33-8-4-6-30(32(33)20-40-43)31-7-3-5-29(35(31)37)25-11-9-24(10-12-25)17-38-19-27-15-16-34(45)41-27/h3-14,20,23,27,38-39,44H,15-19,21-22H2,1-2H3,(H,41,45). The predicted molar refractivity (Wildman–Crippen MR) is 182 cm³/mol. The van der Waals surface area contributed by atoms with Crippen LogP contribution in [0.4, 0.5) is 0 Å². The van der Waals surface area contributed by atoms with E-state index in [1.807, 2.05) is 48.1 Å². The first kappa shape index (κ1) is 31.7. The van der Waals surface area contributed by atoms with Crippen LogP contribution in [-0.4, -0.2) is 58.1 Å². The second kappa shape index (κ2) is 14.4. The Bertz CT molecular complexity index is 1820. The number of fused-ring (bicyclic) bond motifs is 1. The monoisotopic (exact) mass is 638 g/mol. The molecule has 0 radical (unpaired) electrons. The van der Waals surface area contributed by atoms with Crippen LogP contribution in [0.3, 0.4) is 0 Å². The van der Waals surface area contributed by atoms with Gasteiger partial charge < -0.3 is 25.8 Å². The van der Waals surface area contributed by atoms with Crippen LogP contribution < -0.4 is 20.7 Å². The highest BCUT2D eigenvalue weighted by molar-refractivity contribution is 6.36. The molecular formula is C36H39ClN6O3. The second-order valence-electron chi connectivity index (χ2n) is 11.8. The number of aromatic nitrogens is 3. The van der Waals surface area contributed by atoms with E-state index in [9.17, 15) is 9.90 Å². The molecule has 238 valence electrons. The lowest BCUT2D eigenvalue weighted by Crippen LogP contribution is -2.35. The zero-order valence-corrected chi connectivity index (χ0v) is 26.8. The first-order chi connectivity index (χ1) is 22.4. The van der Waals surface area contributed by atoms with Gasteiger partial charge >= 0.3 is 0 Å². The zero-order valence-electron chi connectivity index (χ0n) is 26.1. The summed E-state index contributed by atoms with van der Waals surface area (Å²) in [5, 5.41) is 25.4. The lowest BCUT2D eigenvalue weighted by atomic mass is 9.96. The average Bonchev–Trinajstić information content (AvgIpc) is 3.69. The molecule has 2 atom stereocenters. The number of halogens is 1. The van der Waals surface area contributed by atoms with Gasteiger partial charge in [0.25, 0.3) is 0 Å². The Morgan fingerprint density at radius 1 is 1.04 bits per heavy atom. The molecule has 46 heavy (non-hydrogen) atoms. The molecule has 1 saturated heterocycles. The van der Waals surface area contributed by atoms with Crippen molar-refractivity contribution in [2.45, 2.75) is 51.5 Å². The van der Waals surface area contributed by atoms with E-state index < -0.39 is 0 Å². The van der Waals surface area contributed by atoms with Crippen molar-refractivity contribution in [2.24, 2.45) is 0 Å². The summed E-state index contributed by atoms with van der Waals surface area (Å²) in [6, 6.07) is 24.9. The summed E-state index contributed by atoms with van der Waals surface area (Å²) >= 11 is 7.11. The molecule has 10 heteroatoms. The number of nitrogens with one attached hydrogen (secondary N) is 3. The van der Waals surface area contributed by atoms with Gasteiger partial charge in [-0.25, -0.2) is 4.98 Å². The molecule has 1 aliphatic rings. The summed E-state index contributed by atoms with van der Waals surface area (Å²) in [6.07, 6.45) is 3.39. The lowest BCUT2D eigenvalue weighted by Gasteiger charge is -2.14. The number of aliphatic hydroxyl groups is 1. The number of carbonyl (C=O) groups excluding carboxylic acids is 1. The third-order valence-corrected chi connectivity index (χ3v) is 8.87. The van der Waals surface area contributed by atoms with E-state index in [4.69, 9.17) is 26.4 Å². The number of carbonyl (C=O) groups is 1. The van der Waals surface area contributed by atoms with Crippen LogP contribution in [-0.2, 0) is 24.4 Å². The second-order valence-corrected chi connectivity index (χ2v) is 12.2. The van der Waals surface area contributed by atoms with Crippen molar-refractivity contribution < 1.29 is 14.6 Å². The number of methoxy groups -OCH3 is 1. The summed E-state index contributed by atoms with van der Waals surface area (Å²) in [4.78, 5) is 16.2.